The van der Waals surface area contributed by atoms with Gasteiger partial charge in [-0.05, 0) is 36.8 Å². The second kappa shape index (κ2) is 7.36. The van der Waals surface area contributed by atoms with Crippen LogP contribution in [0.5, 0.6) is 0 Å². The summed E-state index contributed by atoms with van der Waals surface area (Å²) >= 11 is 0. The number of hydrogen-bond acceptors (Lipinski definition) is 2. The Hall–Kier alpha value is -2.56. The largest absolute Gasteiger partial charge is 0.367 e. The summed E-state index contributed by atoms with van der Waals surface area (Å²) in [5, 5.41) is 0. The van der Waals surface area contributed by atoms with E-state index in [1.807, 2.05) is 29.2 Å². The topological polar surface area (TPSA) is 56.4 Å². The van der Waals surface area contributed by atoms with Crippen LogP contribution in [0.4, 0.5) is 0 Å². The van der Waals surface area contributed by atoms with Crippen LogP contribution in [0.25, 0.3) is 0 Å². The molecule has 2 aliphatic heterocycles. The van der Waals surface area contributed by atoms with Crippen molar-refractivity contribution in [3.63, 3.8) is 0 Å². The van der Waals surface area contributed by atoms with Crippen molar-refractivity contribution in [1.82, 2.24) is 14.8 Å². The van der Waals surface area contributed by atoms with E-state index in [1.54, 1.807) is 12.4 Å². The number of amides is 2. The van der Waals surface area contributed by atoms with Crippen LogP contribution in [-0.2, 0) is 11.2 Å². The second-order valence-corrected chi connectivity index (χ2v) is 7.33. The molecular formula is C21H25N3O2. The number of H-pyrrole nitrogens is 1. The smallest absolute Gasteiger partial charge is 0.255 e. The Morgan fingerprint density at radius 2 is 2.00 bits per heavy atom. The summed E-state index contributed by atoms with van der Waals surface area (Å²) in [6, 6.07) is 12.4. The van der Waals surface area contributed by atoms with Crippen molar-refractivity contribution >= 4 is 11.8 Å². The van der Waals surface area contributed by atoms with E-state index in [1.165, 1.54) is 5.56 Å². The van der Waals surface area contributed by atoms with Crippen LogP contribution >= 0.6 is 0 Å². The van der Waals surface area contributed by atoms with Gasteiger partial charge in [0.2, 0.25) is 5.91 Å². The van der Waals surface area contributed by atoms with Crippen LogP contribution in [0, 0.1) is 5.92 Å². The van der Waals surface area contributed by atoms with E-state index in [4.69, 9.17) is 0 Å². The average molecular weight is 351 g/mol. The molecule has 1 N–H and O–H groups in total. The Labute approximate surface area is 154 Å². The Morgan fingerprint density at radius 1 is 1.15 bits per heavy atom. The number of aromatic amines is 1. The molecule has 5 nitrogen and oxygen atoms in total. The first-order valence-electron chi connectivity index (χ1n) is 9.48. The monoisotopic (exact) mass is 351 g/mol. The van der Waals surface area contributed by atoms with Gasteiger partial charge in [-0.2, -0.15) is 0 Å². The maximum Gasteiger partial charge on any atom is 0.255 e. The minimum Gasteiger partial charge on any atom is -0.367 e. The van der Waals surface area contributed by atoms with E-state index in [2.05, 4.69) is 22.0 Å². The summed E-state index contributed by atoms with van der Waals surface area (Å²) in [4.78, 5) is 32.1. The molecular weight excluding hydrogens is 326 g/mol. The molecule has 2 aliphatic rings. The molecule has 2 aromatic rings. The van der Waals surface area contributed by atoms with Crippen LogP contribution in [0.15, 0.2) is 48.8 Å². The Bertz CT molecular complexity index is 757. The summed E-state index contributed by atoms with van der Waals surface area (Å²) in [5.41, 5.74) is 1.98. The highest BCUT2D eigenvalue weighted by atomic mass is 16.2. The van der Waals surface area contributed by atoms with Crippen LogP contribution in [-0.4, -0.2) is 52.3 Å². The van der Waals surface area contributed by atoms with E-state index in [0.717, 1.165) is 44.5 Å². The molecule has 0 radical (unpaired) electrons. The van der Waals surface area contributed by atoms with Crippen molar-refractivity contribution in [3.8, 4) is 0 Å². The molecule has 3 heterocycles. The highest BCUT2D eigenvalue weighted by Crippen LogP contribution is 2.32. The molecule has 26 heavy (non-hydrogen) atoms. The Kier molecular flexibility index (Phi) is 4.78. The summed E-state index contributed by atoms with van der Waals surface area (Å²) in [6.07, 6.45) is 6.79. The lowest BCUT2D eigenvalue weighted by atomic mass is 9.83. The van der Waals surface area contributed by atoms with Crippen molar-refractivity contribution in [2.45, 2.75) is 31.7 Å². The molecule has 136 valence electrons. The Morgan fingerprint density at radius 3 is 2.77 bits per heavy atom. The number of carbonyl (C=O) groups excluding carboxylic acids is 2. The van der Waals surface area contributed by atoms with Crippen molar-refractivity contribution in [2.24, 2.45) is 5.92 Å². The molecule has 0 saturated carbocycles. The molecule has 2 amide bonds. The van der Waals surface area contributed by atoms with Gasteiger partial charge < -0.3 is 14.8 Å². The number of nitrogens with zero attached hydrogens (tertiary/aromatic N) is 2. The normalized spacial score (nSPS) is 23.0. The van der Waals surface area contributed by atoms with Gasteiger partial charge in [-0.3, -0.25) is 9.59 Å². The predicted molar refractivity (Wildman–Crippen MR) is 99.7 cm³/mol. The van der Waals surface area contributed by atoms with Gasteiger partial charge in [0.15, 0.2) is 0 Å². The highest BCUT2D eigenvalue weighted by Gasteiger charge is 2.40. The van der Waals surface area contributed by atoms with Crippen molar-refractivity contribution in [3.05, 3.63) is 59.9 Å². The maximum absolute atomic E-state index is 12.6. The first-order chi connectivity index (χ1) is 12.7. The SMILES string of the molecule is O=C(c1cc[nH]c1)N1CC[C@@H]2[C@@H](CCC(=O)N2CCc2ccccc2)C1. The van der Waals surface area contributed by atoms with E-state index >= 15 is 0 Å². The quantitative estimate of drug-likeness (QED) is 0.921. The molecule has 0 unspecified atom stereocenters. The average Bonchev–Trinajstić information content (AvgIpc) is 3.22. The minimum atomic E-state index is 0.0948. The molecule has 2 atom stereocenters. The third-order valence-corrected chi connectivity index (χ3v) is 5.76. The third kappa shape index (κ3) is 3.39. The molecule has 0 bridgehead atoms. The van der Waals surface area contributed by atoms with E-state index in [9.17, 15) is 9.59 Å². The molecule has 0 aliphatic carbocycles. The fourth-order valence-electron chi connectivity index (χ4n) is 4.36. The van der Waals surface area contributed by atoms with Gasteiger partial charge in [-0.1, -0.05) is 30.3 Å². The first-order valence-corrected chi connectivity index (χ1v) is 9.48. The van der Waals surface area contributed by atoms with Crippen LogP contribution in [0.2, 0.25) is 0 Å². The molecule has 5 heteroatoms. The molecule has 2 fully saturated rings. The lowest BCUT2D eigenvalue weighted by molar-refractivity contribution is -0.140. The number of rotatable bonds is 4. The highest BCUT2D eigenvalue weighted by molar-refractivity contribution is 5.94. The second-order valence-electron chi connectivity index (χ2n) is 7.33. The minimum absolute atomic E-state index is 0.0948. The zero-order valence-corrected chi connectivity index (χ0v) is 14.9. The molecule has 2 saturated heterocycles. The van der Waals surface area contributed by atoms with Gasteiger partial charge in [0.1, 0.15) is 0 Å². The lowest BCUT2D eigenvalue weighted by Gasteiger charge is -2.47. The summed E-state index contributed by atoms with van der Waals surface area (Å²) in [5.74, 6) is 0.755. The fraction of sp³-hybridized carbons (Fsp3) is 0.429. The van der Waals surface area contributed by atoms with Crippen molar-refractivity contribution in [2.75, 3.05) is 19.6 Å². The van der Waals surface area contributed by atoms with Gasteiger partial charge in [0.05, 0.1) is 5.56 Å². The van der Waals surface area contributed by atoms with Crippen LogP contribution in [0.3, 0.4) is 0 Å². The third-order valence-electron chi connectivity index (χ3n) is 5.76. The summed E-state index contributed by atoms with van der Waals surface area (Å²) in [7, 11) is 0. The Balaban J connectivity index is 1.41. The number of carbonyl (C=O) groups is 2. The maximum atomic E-state index is 12.6. The van der Waals surface area contributed by atoms with E-state index < -0.39 is 0 Å². The van der Waals surface area contributed by atoms with Gasteiger partial charge in [-0.15, -0.1) is 0 Å². The number of fused-ring (bicyclic) bond motifs is 1. The van der Waals surface area contributed by atoms with Crippen molar-refractivity contribution in [1.29, 1.82) is 0 Å². The fourth-order valence-corrected chi connectivity index (χ4v) is 4.36. The van der Waals surface area contributed by atoms with Gasteiger partial charge in [0, 0.05) is 44.5 Å². The lowest BCUT2D eigenvalue weighted by Crippen LogP contribution is -2.57. The van der Waals surface area contributed by atoms with Crippen LogP contribution in [0.1, 0.15) is 35.2 Å². The van der Waals surface area contributed by atoms with Gasteiger partial charge >= 0.3 is 0 Å². The number of piperidine rings is 2. The molecule has 1 aromatic heterocycles. The van der Waals surface area contributed by atoms with E-state index in [-0.39, 0.29) is 17.9 Å². The molecule has 1 aromatic carbocycles. The van der Waals surface area contributed by atoms with Gasteiger partial charge in [0.25, 0.3) is 5.91 Å². The molecule has 0 spiro atoms. The predicted octanol–water partition coefficient (Wildman–Crippen LogP) is 2.71. The zero-order chi connectivity index (χ0) is 17.9. The standard InChI is InChI=1S/C21H25N3O2/c25-20-7-6-18-15-23(21(26)17-8-11-22-14-17)12-10-19(18)24(20)13-9-16-4-2-1-3-5-16/h1-5,8,11,14,18-19,22H,6-7,9-10,12-13,15H2/t18-,19+/m0/s1. The molecule has 4 rings (SSSR count). The number of likely N-dealkylation sites (tertiary alicyclic amines) is 2. The van der Waals surface area contributed by atoms with E-state index in [0.29, 0.717) is 12.3 Å². The van der Waals surface area contributed by atoms with Crippen LogP contribution < -0.4 is 0 Å². The number of hydrogen-bond donors (Lipinski definition) is 1. The first kappa shape index (κ1) is 16.9. The number of benzene rings is 1. The van der Waals surface area contributed by atoms with Crippen molar-refractivity contribution < 1.29 is 9.59 Å². The number of aromatic nitrogens is 1. The number of nitrogens with one attached hydrogen (secondary N) is 1. The zero-order valence-electron chi connectivity index (χ0n) is 14.9. The summed E-state index contributed by atoms with van der Waals surface area (Å²) in [6.45, 7) is 2.25. The van der Waals surface area contributed by atoms with Gasteiger partial charge in [-0.25, -0.2) is 0 Å². The summed E-state index contributed by atoms with van der Waals surface area (Å²) < 4.78 is 0.